The van der Waals surface area contributed by atoms with Crippen LogP contribution in [-0.2, 0) is 16.1 Å². The molecule has 0 bridgehead atoms. The monoisotopic (exact) mass is 278 g/mol. The maximum Gasteiger partial charge on any atom is 0.325 e. The van der Waals surface area contributed by atoms with Crippen molar-refractivity contribution in [1.29, 1.82) is 0 Å². The minimum atomic E-state index is -0.461. The number of hydrogen-bond donors (Lipinski definition) is 0. The molecule has 0 aliphatic carbocycles. The van der Waals surface area contributed by atoms with Gasteiger partial charge in [-0.05, 0) is 17.9 Å². The fourth-order valence-electron chi connectivity index (χ4n) is 1.72. The number of para-hydroxylation sites is 1. The molecule has 0 radical (unpaired) electrons. The molecule has 1 heterocycles. The third-order valence-corrected chi connectivity index (χ3v) is 3.47. The summed E-state index contributed by atoms with van der Waals surface area (Å²) in [6.45, 7) is 1.85. The van der Waals surface area contributed by atoms with Crippen LogP contribution in [0.4, 0.5) is 0 Å². The van der Waals surface area contributed by atoms with Crippen molar-refractivity contribution in [2.75, 3.05) is 12.9 Å². The average Bonchev–Trinajstić information content (AvgIpc) is 2.43. The molecule has 0 fully saturated rings. The number of nitrogens with zero attached hydrogens (tertiary/aromatic N) is 2. The Labute approximate surface area is 114 Å². The lowest BCUT2D eigenvalue weighted by atomic mass is 10.2. The summed E-state index contributed by atoms with van der Waals surface area (Å²) in [6.07, 6.45) is 0. The summed E-state index contributed by atoms with van der Waals surface area (Å²) in [5.41, 5.74) is 0.427. The molecule has 6 heteroatoms. The number of hydrogen-bond acceptors (Lipinski definition) is 5. The summed E-state index contributed by atoms with van der Waals surface area (Å²) in [7, 11) is 1.30. The van der Waals surface area contributed by atoms with Crippen LogP contribution in [0.25, 0.3) is 10.9 Å². The lowest BCUT2D eigenvalue weighted by molar-refractivity contribution is -0.141. The number of benzene rings is 1. The van der Waals surface area contributed by atoms with Crippen LogP contribution in [0.1, 0.15) is 6.92 Å². The Morgan fingerprint density at radius 1 is 1.42 bits per heavy atom. The van der Waals surface area contributed by atoms with Gasteiger partial charge < -0.3 is 4.74 Å². The molecule has 100 valence electrons. The van der Waals surface area contributed by atoms with Gasteiger partial charge in [-0.25, -0.2) is 4.98 Å². The van der Waals surface area contributed by atoms with Gasteiger partial charge in [0.1, 0.15) is 6.54 Å². The van der Waals surface area contributed by atoms with E-state index in [9.17, 15) is 9.59 Å². The van der Waals surface area contributed by atoms with Crippen molar-refractivity contribution < 1.29 is 9.53 Å². The van der Waals surface area contributed by atoms with Gasteiger partial charge in [-0.15, -0.1) is 0 Å². The van der Waals surface area contributed by atoms with Gasteiger partial charge in [-0.1, -0.05) is 30.8 Å². The standard InChI is InChI=1S/C13H14N2O3S/c1-3-19-13-14-10-7-5-4-6-9(10)12(17)15(13)8-11(16)18-2/h4-7H,3,8H2,1-2H3. The van der Waals surface area contributed by atoms with Crippen LogP contribution in [0.15, 0.2) is 34.2 Å². The van der Waals surface area contributed by atoms with Crippen LogP contribution in [0.3, 0.4) is 0 Å². The second-order valence-corrected chi connectivity index (χ2v) is 5.04. The van der Waals surface area contributed by atoms with Gasteiger partial charge in [0.15, 0.2) is 5.16 Å². The molecule has 5 nitrogen and oxygen atoms in total. The number of carbonyl (C=O) groups is 1. The van der Waals surface area contributed by atoms with Crippen LogP contribution in [0.2, 0.25) is 0 Å². The zero-order valence-corrected chi connectivity index (χ0v) is 11.6. The highest BCUT2D eigenvalue weighted by Crippen LogP contribution is 2.17. The predicted octanol–water partition coefficient (Wildman–Crippen LogP) is 1.68. The van der Waals surface area contributed by atoms with Crippen molar-refractivity contribution in [1.82, 2.24) is 9.55 Å². The fraction of sp³-hybridized carbons (Fsp3) is 0.308. The van der Waals surface area contributed by atoms with Crippen molar-refractivity contribution >= 4 is 28.6 Å². The first-order chi connectivity index (χ1) is 9.17. The maximum atomic E-state index is 12.4. The molecule has 1 aromatic carbocycles. The lowest BCUT2D eigenvalue weighted by Crippen LogP contribution is -2.27. The molecule has 0 N–H and O–H groups in total. The van der Waals surface area contributed by atoms with Crippen LogP contribution in [0, 0.1) is 0 Å². The Bertz CT molecular complexity index is 666. The summed E-state index contributed by atoms with van der Waals surface area (Å²) < 4.78 is 5.98. The van der Waals surface area contributed by atoms with Crippen LogP contribution >= 0.6 is 11.8 Å². The van der Waals surface area contributed by atoms with Gasteiger partial charge in [-0.2, -0.15) is 0 Å². The first-order valence-corrected chi connectivity index (χ1v) is 6.85. The van der Waals surface area contributed by atoms with Crippen molar-refractivity contribution in [2.45, 2.75) is 18.6 Å². The lowest BCUT2D eigenvalue weighted by Gasteiger charge is -2.11. The molecule has 2 aromatic rings. The van der Waals surface area contributed by atoms with Gasteiger partial charge in [-0.3, -0.25) is 14.2 Å². The molecular formula is C13H14N2O3S. The Kier molecular flexibility index (Phi) is 4.21. The quantitative estimate of drug-likeness (QED) is 0.484. The third kappa shape index (κ3) is 2.78. The van der Waals surface area contributed by atoms with E-state index in [4.69, 9.17) is 0 Å². The van der Waals surface area contributed by atoms with Crippen molar-refractivity contribution in [3.05, 3.63) is 34.6 Å². The summed E-state index contributed by atoms with van der Waals surface area (Å²) in [5, 5.41) is 1.04. The van der Waals surface area contributed by atoms with Crippen molar-refractivity contribution in [2.24, 2.45) is 0 Å². The first-order valence-electron chi connectivity index (χ1n) is 5.86. The van der Waals surface area contributed by atoms with Gasteiger partial charge in [0.25, 0.3) is 5.56 Å². The van der Waals surface area contributed by atoms with E-state index in [1.54, 1.807) is 18.2 Å². The number of fused-ring (bicyclic) bond motifs is 1. The second-order valence-electron chi connectivity index (χ2n) is 3.81. The topological polar surface area (TPSA) is 61.2 Å². The van der Waals surface area contributed by atoms with E-state index in [1.165, 1.54) is 23.4 Å². The van der Waals surface area contributed by atoms with Gasteiger partial charge in [0.05, 0.1) is 18.0 Å². The zero-order valence-electron chi connectivity index (χ0n) is 10.8. The summed E-state index contributed by atoms with van der Waals surface area (Å²) in [5.74, 6) is 0.309. The molecule has 0 saturated carbocycles. The highest BCUT2D eigenvalue weighted by Gasteiger charge is 2.13. The fourth-order valence-corrected chi connectivity index (χ4v) is 2.44. The number of thioether (sulfide) groups is 1. The van der Waals surface area contributed by atoms with E-state index in [0.29, 0.717) is 16.1 Å². The van der Waals surface area contributed by atoms with Crippen molar-refractivity contribution in [3.8, 4) is 0 Å². The normalized spacial score (nSPS) is 10.6. The zero-order chi connectivity index (χ0) is 13.8. The summed E-state index contributed by atoms with van der Waals surface area (Å²) in [6, 6.07) is 7.11. The largest absolute Gasteiger partial charge is 0.468 e. The Morgan fingerprint density at radius 2 is 2.16 bits per heavy atom. The second kappa shape index (κ2) is 5.88. The molecule has 0 aliphatic rings. The average molecular weight is 278 g/mol. The van der Waals surface area contributed by atoms with Crippen molar-refractivity contribution in [3.63, 3.8) is 0 Å². The van der Waals surface area contributed by atoms with Crippen LogP contribution < -0.4 is 5.56 Å². The van der Waals surface area contributed by atoms with E-state index < -0.39 is 5.97 Å². The van der Waals surface area contributed by atoms with E-state index in [-0.39, 0.29) is 12.1 Å². The predicted molar refractivity (Wildman–Crippen MR) is 74.4 cm³/mol. The molecule has 0 unspecified atom stereocenters. The third-order valence-electron chi connectivity index (χ3n) is 2.61. The minimum Gasteiger partial charge on any atom is -0.468 e. The van der Waals surface area contributed by atoms with E-state index in [0.717, 1.165) is 5.75 Å². The Hall–Kier alpha value is -1.82. The molecule has 0 saturated heterocycles. The molecule has 2 rings (SSSR count). The molecule has 19 heavy (non-hydrogen) atoms. The van der Waals surface area contributed by atoms with E-state index >= 15 is 0 Å². The Balaban J connectivity index is 2.63. The van der Waals surface area contributed by atoms with Gasteiger partial charge >= 0.3 is 5.97 Å². The summed E-state index contributed by atoms with van der Waals surface area (Å²) >= 11 is 1.43. The number of methoxy groups -OCH3 is 1. The number of esters is 1. The number of aromatic nitrogens is 2. The molecule has 0 spiro atoms. The molecule has 1 aromatic heterocycles. The smallest absolute Gasteiger partial charge is 0.325 e. The first kappa shape index (κ1) is 13.6. The number of carbonyl (C=O) groups excluding carboxylic acids is 1. The molecular weight excluding hydrogens is 264 g/mol. The highest BCUT2D eigenvalue weighted by molar-refractivity contribution is 7.99. The van der Waals surface area contributed by atoms with Crippen LogP contribution in [-0.4, -0.2) is 28.4 Å². The molecule has 0 amide bonds. The maximum absolute atomic E-state index is 12.4. The number of ether oxygens (including phenoxy) is 1. The Morgan fingerprint density at radius 3 is 2.84 bits per heavy atom. The van der Waals surface area contributed by atoms with Gasteiger partial charge in [0.2, 0.25) is 0 Å². The van der Waals surface area contributed by atoms with E-state index in [1.807, 2.05) is 13.0 Å². The van der Waals surface area contributed by atoms with Gasteiger partial charge in [0, 0.05) is 0 Å². The number of rotatable bonds is 4. The molecule has 0 atom stereocenters. The summed E-state index contributed by atoms with van der Waals surface area (Å²) in [4.78, 5) is 28.2. The SMILES string of the molecule is CCSc1nc2ccccc2c(=O)n1CC(=O)OC. The van der Waals surface area contributed by atoms with Crippen LogP contribution in [0.5, 0.6) is 0 Å². The highest BCUT2D eigenvalue weighted by atomic mass is 32.2. The molecule has 0 aliphatic heterocycles. The van der Waals surface area contributed by atoms with E-state index in [2.05, 4.69) is 9.72 Å². The minimum absolute atomic E-state index is 0.116.